The molecule has 1 N–H and O–H groups in total. The predicted molar refractivity (Wildman–Crippen MR) is 75.2 cm³/mol. The Kier molecular flexibility index (Phi) is 3.85. The summed E-state index contributed by atoms with van der Waals surface area (Å²) in [6, 6.07) is 6.44. The fourth-order valence-electron chi connectivity index (χ4n) is 2.20. The summed E-state index contributed by atoms with van der Waals surface area (Å²) in [7, 11) is 3.61. The van der Waals surface area contributed by atoms with Crippen molar-refractivity contribution in [3.05, 3.63) is 51.7 Å². The summed E-state index contributed by atoms with van der Waals surface area (Å²) in [5.41, 5.74) is 3.55. The molecule has 0 bridgehead atoms. The van der Waals surface area contributed by atoms with Gasteiger partial charge in [0.2, 0.25) is 0 Å². The molecular weight excluding hydrogens is 240 g/mol. The molecule has 2 rings (SSSR count). The molecule has 5 nitrogen and oxygen atoms in total. The van der Waals surface area contributed by atoms with Gasteiger partial charge in [-0.1, -0.05) is 23.8 Å². The van der Waals surface area contributed by atoms with Gasteiger partial charge in [0, 0.05) is 7.05 Å². The Bertz CT molecular complexity index is 627. The van der Waals surface area contributed by atoms with Crippen LogP contribution in [0.15, 0.2) is 29.3 Å². The molecule has 0 amide bonds. The smallest absolute Gasteiger partial charge is 0.311 e. The van der Waals surface area contributed by atoms with E-state index in [9.17, 15) is 4.79 Å². The lowest BCUT2D eigenvalue weighted by molar-refractivity contribution is 0.454. The van der Waals surface area contributed by atoms with E-state index in [-0.39, 0.29) is 11.7 Å². The van der Waals surface area contributed by atoms with Gasteiger partial charge in [-0.3, -0.25) is 4.57 Å². The van der Waals surface area contributed by atoms with Crippen LogP contribution < -0.4 is 11.0 Å². The molecule has 0 aliphatic heterocycles. The molecule has 2 aromatic rings. The van der Waals surface area contributed by atoms with Crippen LogP contribution in [0.25, 0.3) is 0 Å². The average Bonchev–Trinajstić information content (AvgIpc) is 2.70. The summed E-state index contributed by atoms with van der Waals surface area (Å²) in [6.07, 6.45) is 1.54. The fourth-order valence-corrected chi connectivity index (χ4v) is 2.20. The summed E-state index contributed by atoms with van der Waals surface area (Å²) < 4.78 is 2.97. The molecule has 0 spiro atoms. The van der Waals surface area contributed by atoms with E-state index in [4.69, 9.17) is 0 Å². The maximum atomic E-state index is 11.8. The maximum Gasteiger partial charge on any atom is 0.345 e. The Labute approximate surface area is 112 Å². The SMILES string of the molecule is CNC(Cn1ncn(C)c1=O)c1cc(C)ccc1C. The van der Waals surface area contributed by atoms with Crippen molar-refractivity contribution < 1.29 is 0 Å². The lowest BCUT2D eigenvalue weighted by Gasteiger charge is -2.19. The van der Waals surface area contributed by atoms with E-state index >= 15 is 0 Å². The first kappa shape index (κ1) is 13.5. The van der Waals surface area contributed by atoms with Crippen molar-refractivity contribution in [1.29, 1.82) is 0 Å². The highest BCUT2D eigenvalue weighted by molar-refractivity contribution is 5.32. The molecule has 0 saturated heterocycles. The first-order chi connectivity index (χ1) is 9.02. The Balaban J connectivity index is 2.32. The minimum absolute atomic E-state index is 0.0764. The Morgan fingerprint density at radius 2 is 2.11 bits per heavy atom. The molecule has 0 fully saturated rings. The summed E-state index contributed by atoms with van der Waals surface area (Å²) in [6.45, 7) is 4.68. The largest absolute Gasteiger partial charge is 0.345 e. The van der Waals surface area contributed by atoms with Crippen molar-refractivity contribution >= 4 is 0 Å². The topological polar surface area (TPSA) is 51.9 Å². The van der Waals surface area contributed by atoms with Gasteiger partial charge in [-0.15, -0.1) is 0 Å². The molecule has 1 unspecified atom stereocenters. The van der Waals surface area contributed by atoms with Crippen molar-refractivity contribution in [2.75, 3.05) is 7.05 Å². The number of rotatable bonds is 4. The first-order valence-electron chi connectivity index (χ1n) is 6.35. The highest BCUT2D eigenvalue weighted by Crippen LogP contribution is 2.20. The van der Waals surface area contributed by atoms with E-state index in [0.717, 1.165) is 0 Å². The molecule has 1 heterocycles. The van der Waals surface area contributed by atoms with E-state index < -0.39 is 0 Å². The van der Waals surface area contributed by atoms with Crippen LogP contribution in [0.5, 0.6) is 0 Å². The number of hydrogen-bond donors (Lipinski definition) is 1. The summed E-state index contributed by atoms with van der Waals surface area (Å²) in [5, 5.41) is 7.37. The Morgan fingerprint density at radius 1 is 1.37 bits per heavy atom. The minimum Gasteiger partial charge on any atom is -0.311 e. The van der Waals surface area contributed by atoms with Crippen LogP contribution in [0.2, 0.25) is 0 Å². The van der Waals surface area contributed by atoms with E-state index in [1.165, 1.54) is 32.3 Å². The van der Waals surface area contributed by atoms with Crippen molar-refractivity contribution in [2.45, 2.75) is 26.4 Å². The number of nitrogens with zero attached hydrogens (tertiary/aromatic N) is 3. The second kappa shape index (κ2) is 5.40. The van der Waals surface area contributed by atoms with Gasteiger partial charge < -0.3 is 5.32 Å². The van der Waals surface area contributed by atoms with Crippen molar-refractivity contribution in [1.82, 2.24) is 19.7 Å². The van der Waals surface area contributed by atoms with Crippen LogP contribution in [0.4, 0.5) is 0 Å². The van der Waals surface area contributed by atoms with Crippen LogP contribution in [-0.4, -0.2) is 21.4 Å². The number of hydrogen-bond acceptors (Lipinski definition) is 3. The molecule has 1 aromatic heterocycles. The van der Waals surface area contributed by atoms with Crippen LogP contribution in [0.3, 0.4) is 0 Å². The molecule has 0 saturated carbocycles. The Hall–Kier alpha value is -1.88. The van der Waals surface area contributed by atoms with Gasteiger partial charge in [0.15, 0.2) is 0 Å². The molecule has 102 valence electrons. The maximum absolute atomic E-state index is 11.8. The second-order valence-electron chi connectivity index (χ2n) is 4.91. The number of nitrogens with one attached hydrogen (secondary N) is 1. The number of likely N-dealkylation sites (N-methyl/N-ethyl adjacent to an activating group) is 1. The van der Waals surface area contributed by atoms with E-state index in [2.05, 4.69) is 42.5 Å². The number of aryl methyl sites for hydroxylation is 3. The van der Waals surface area contributed by atoms with E-state index in [1.54, 1.807) is 7.05 Å². The summed E-state index contributed by atoms with van der Waals surface area (Å²) in [4.78, 5) is 11.8. The van der Waals surface area contributed by atoms with Gasteiger partial charge in [-0.05, 0) is 32.0 Å². The van der Waals surface area contributed by atoms with Crippen LogP contribution in [0, 0.1) is 13.8 Å². The number of aromatic nitrogens is 3. The Morgan fingerprint density at radius 3 is 2.68 bits per heavy atom. The minimum atomic E-state index is -0.0921. The lowest BCUT2D eigenvalue weighted by atomic mass is 9.99. The molecule has 1 aromatic carbocycles. The molecule has 1 atom stereocenters. The zero-order valence-electron chi connectivity index (χ0n) is 11.8. The number of benzene rings is 1. The van der Waals surface area contributed by atoms with Gasteiger partial charge >= 0.3 is 5.69 Å². The van der Waals surface area contributed by atoms with Gasteiger partial charge in [0.1, 0.15) is 6.33 Å². The van der Waals surface area contributed by atoms with Gasteiger partial charge in [0.25, 0.3) is 0 Å². The standard InChI is InChI=1S/C14H20N4O/c1-10-5-6-11(2)12(7-10)13(15-3)8-18-14(19)17(4)9-16-18/h5-7,9,13,15H,8H2,1-4H3. The monoisotopic (exact) mass is 260 g/mol. The zero-order valence-corrected chi connectivity index (χ0v) is 11.8. The van der Waals surface area contributed by atoms with E-state index in [1.807, 2.05) is 7.05 Å². The predicted octanol–water partition coefficient (Wildman–Crippen LogP) is 1.16. The van der Waals surface area contributed by atoms with Crippen LogP contribution in [0.1, 0.15) is 22.7 Å². The highest BCUT2D eigenvalue weighted by Gasteiger charge is 2.15. The first-order valence-corrected chi connectivity index (χ1v) is 6.35. The summed E-state index contributed by atoms with van der Waals surface area (Å²) in [5.74, 6) is 0. The molecular formula is C14H20N4O. The molecule has 0 aliphatic carbocycles. The van der Waals surface area contributed by atoms with E-state index in [0.29, 0.717) is 6.54 Å². The molecule has 5 heteroatoms. The molecule has 19 heavy (non-hydrogen) atoms. The van der Waals surface area contributed by atoms with Crippen molar-refractivity contribution in [3.8, 4) is 0 Å². The average molecular weight is 260 g/mol. The molecule has 0 aliphatic rings. The fraction of sp³-hybridized carbons (Fsp3) is 0.429. The quantitative estimate of drug-likeness (QED) is 0.897. The lowest BCUT2D eigenvalue weighted by Crippen LogP contribution is -2.30. The highest BCUT2D eigenvalue weighted by atomic mass is 16.2. The van der Waals surface area contributed by atoms with Crippen molar-refractivity contribution in [3.63, 3.8) is 0 Å². The van der Waals surface area contributed by atoms with Crippen molar-refractivity contribution in [2.24, 2.45) is 7.05 Å². The summed E-state index contributed by atoms with van der Waals surface area (Å²) >= 11 is 0. The van der Waals surface area contributed by atoms with Crippen LogP contribution >= 0.6 is 0 Å². The van der Waals surface area contributed by atoms with Gasteiger partial charge in [-0.2, -0.15) is 5.10 Å². The second-order valence-corrected chi connectivity index (χ2v) is 4.91. The third kappa shape index (κ3) is 2.76. The normalized spacial score (nSPS) is 12.6. The third-order valence-electron chi connectivity index (χ3n) is 3.40. The van der Waals surface area contributed by atoms with Gasteiger partial charge in [0.05, 0.1) is 12.6 Å². The van der Waals surface area contributed by atoms with Gasteiger partial charge in [-0.25, -0.2) is 9.48 Å². The molecule has 0 radical (unpaired) electrons. The zero-order chi connectivity index (χ0) is 14.0. The third-order valence-corrected chi connectivity index (χ3v) is 3.40. The van der Waals surface area contributed by atoms with Crippen LogP contribution in [-0.2, 0) is 13.6 Å².